The predicted octanol–water partition coefficient (Wildman–Crippen LogP) is 3.15. The smallest absolute Gasteiger partial charge is 0.0712 e. The molecule has 3 nitrogen and oxygen atoms in total. The van der Waals surface area contributed by atoms with E-state index in [0.29, 0.717) is 0 Å². The highest BCUT2D eigenvalue weighted by Crippen LogP contribution is 2.27. The number of aromatic nitrogens is 2. The summed E-state index contributed by atoms with van der Waals surface area (Å²) in [5.41, 5.74) is 9.78. The topological polar surface area (TPSA) is 43.8 Å². The third kappa shape index (κ3) is 2.46. The summed E-state index contributed by atoms with van der Waals surface area (Å²) in [6.07, 6.45) is 0.970. The normalized spacial score (nSPS) is 14.4. The van der Waals surface area contributed by atoms with Crippen LogP contribution in [0.5, 0.6) is 0 Å². The Labute approximate surface area is 109 Å². The minimum absolute atomic E-state index is 0.0193. The quantitative estimate of drug-likeness (QED) is 0.896. The third-order valence-corrected chi connectivity index (χ3v) is 3.38. The number of nitrogens with zero attached hydrogens (tertiary/aromatic N) is 2. The first-order valence-electron chi connectivity index (χ1n) is 6.46. The van der Waals surface area contributed by atoms with Crippen molar-refractivity contribution in [2.24, 2.45) is 5.73 Å². The Morgan fingerprint density at radius 2 is 1.89 bits per heavy atom. The first-order valence-corrected chi connectivity index (χ1v) is 6.46. The van der Waals surface area contributed by atoms with Crippen molar-refractivity contribution >= 4 is 0 Å². The molecule has 0 saturated heterocycles. The lowest BCUT2D eigenvalue weighted by Crippen LogP contribution is -2.25. The fourth-order valence-electron chi connectivity index (χ4n) is 2.46. The van der Waals surface area contributed by atoms with Gasteiger partial charge in [-0.2, -0.15) is 5.10 Å². The fraction of sp³-hybridized carbons (Fsp3) is 0.400. The van der Waals surface area contributed by atoms with Crippen molar-refractivity contribution in [3.8, 4) is 0 Å². The van der Waals surface area contributed by atoms with E-state index in [0.717, 1.165) is 17.7 Å². The van der Waals surface area contributed by atoms with Gasteiger partial charge in [0.05, 0.1) is 17.8 Å². The highest BCUT2D eigenvalue weighted by Gasteiger charge is 2.21. The lowest BCUT2D eigenvalue weighted by atomic mass is 9.98. The summed E-state index contributed by atoms with van der Waals surface area (Å²) < 4.78 is 2.06. The van der Waals surface area contributed by atoms with Gasteiger partial charge in [0.2, 0.25) is 0 Å². The molecule has 2 atom stereocenters. The van der Waals surface area contributed by atoms with Crippen LogP contribution in [-0.2, 0) is 0 Å². The molecule has 0 aliphatic heterocycles. The summed E-state index contributed by atoms with van der Waals surface area (Å²) in [5.74, 6) is 0. The maximum Gasteiger partial charge on any atom is 0.0712 e. The largest absolute Gasteiger partial charge is 0.322 e. The zero-order chi connectivity index (χ0) is 13.1. The van der Waals surface area contributed by atoms with Crippen LogP contribution in [0.15, 0.2) is 36.4 Å². The van der Waals surface area contributed by atoms with Gasteiger partial charge in [-0.25, -0.2) is 0 Å². The number of hydrogen-bond acceptors (Lipinski definition) is 2. The molecule has 0 amide bonds. The number of hydrogen-bond donors (Lipinski definition) is 1. The monoisotopic (exact) mass is 243 g/mol. The van der Waals surface area contributed by atoms with E-state index in [1.54, 1.807) is 0 Å². The molecule has 2 rings (SSSR count). The minimum Gasteiger partial charge on any atom is -0.322 e. The molecule has 18 heavy (non-hydrogen) atoms. The van der Waals surface area contributed by atoms with Gasteiger partial charge in [-0.15, -0.1) is 0 Å². The second kappa shape index (κ2) is 5.36. The van der Waals surface area contributed by atoms with E-state index >= 15 is 0 Å². The highest BCUT2D eigenvalue weighted by molar-refractivity contribution is 5.20. The average molecular weight is 243 g/mol. The lowest BCUT2D eigenvalue weighted by Gasteiger charge is -2.24. The molecule has 1 aromatic carbocycles. The van der Waals surface area contributed by atoms with Gasteiger partial charge in [-0.3, -0.25) is 4.68 Å². The van der Waals surface area contributed by atoms with E-state index in [2.05, 4.69) is 41.8 Å². The zero-order valence-electron chi connectivity index (χ0n) is 11.3. The molecular weight excluding hydrogens is 222 g/mol. The Morgan fingerprint density at radius 1 is 1.22 bits per heavy atom. The Balaban J connectivity index is 2.32. The molecular formula is C15H21N3. The first-order chi connectivity index (χ1) is 8.63. The van der Waals surface area contributed by atoms with Gasteiger partial charge in [-0.05, 0) is 31.9 Å². The van der Waals surface area contributed by atoms with Crippen LogP contribution in [-0.4, -0.2) is 9.78 Å². The first kappa shape index (κ1) is 12.8. The molecule has 2 unspecified atom stereocenters. The number of nitrogens with two attached hydrogens (primary N) is 1. The lowest BCUT2D eigenvalue weighted by molar-refractivity contribution is 0.365. The molecule has 0 spiro atoms. The predicted molar refractivity (Wildman–Crippen MR) is 74.4 cm³/mol. The summed E-state index contributed by atoms with van der Waals surface area (Å²) in [7, 11) is 0. The molecule has 96 valence electrons. The van der Waals surface area contributed by atoms with Gasteiger partial charge in [0.1, 0.15) is 0 Å². The fourth-order valence-corrected chi connectivity index (χ4v) is 2.46. The third-order valence-electron chi connectivity index (χ3n) is 3.38. The van der Waals surface area contributed by atoms with Crippen LogP contribution in [0.25, 0.3) is 0 Å². The Morgan fingerprint density at radius 3 is 2.39 bits per heavy atom. The van der Waals surface area contributed by atoms with Gasteiger partial charge < -0.3 is 5.73 Å². The second-order valence-electron chi connectivity index (χ2n) is 4.78. The molecule has 0 fully saturated rings. The van der Waals surface area contributed by atoms with E-state index in [4.69, 9.17) is 5.73 Å². The Bertz CT molecular complexity index is 502. The van der Waals surface area contributed by atoms with Crippen LogP contribution >= 0.6 is 0 Å². The number of rotatable bonds is 4. The summed E-state index contributed by atoms with van der Waals surface area (Å²) in [5, 5.41) is 4.56. The van der Waals surface area contributed by atoms with Gasteiger partial charge in [0.25, 0.3) is 0 Å². The van der Waals surface area contributed by atoms with E-state index in [-0.39, 0.29) is 12.1 Å². The van der Waals surface area contributed by atoms with Crippen LogP contribution < -0.4 is 5.73 Å². The van der Waals surface area contributed by atoms with Crippen LogP contribution in [0.1, 0.15) is 42.4 Å². The summed E-state index contributed by atoms with van der Waals surface area (Å²) >= 11 is 0. The molecule has 0 radical (unpaired) electrons. The van der Waals surface area contributed by atoms with Gasteiger partial charge in [0.15, 0.2) is 0 Å². The van der Waals surface area contributed by atoms with E-state index in [9.17, 15) is 0 Å². The van der Waals surface area contributed by atoms with Crippen molar-refractivity contribution < 1.29 is 0 Å². The maximum absolute atomic E-state index is 6.40. The molecule has 2 N–H and O–H groups in total. The Hall–Kier alpha value is -1.61. The van der Waals surface area contributed by atoms with E-state index in [1.165, 1.54) is 5.69 Å². The molecule has 0 aliphatic carbocycles. The molecule has 0 aliphatic rings. The molecule has 2 aromatic rings. The summed E-state index contributed by atoms with van der Waals surface area (Å²) in [6.45, 7) is 6.26. The van der Waals surface area contributed by atoms with Crippen molar-refractivity contribution in [3.63, 3.8) is 0 Å². The van der Waals surface area contributed by atoms with Crippen molar-refractivity contribution in [1.82, 2.24) is 9.78 Å². The average Bonchev–Trinajstić information content (AvgIpc) is 2.70. The number of aryl methyl sites for hydroxylation is 2. The summed E-state index contributed by atoms with van der Waals surface area (Å²) in [6, 6.07) is 12.5. The van der Waals surface area contributed by atoms with Gasteiger partial charge in [-0.1, -0.05) is 37.3 Å². The van der Waals surface area contributed by atoms with Crippen molar-refractivity contribution in [3.05, 3.63) is 53.3 Å². The Kier molecular flexibility index (Phi) is 3.82. The molecule has 3 heteroatoms. The zero-order valence-corrected chi connectivity index (χ0v) is 11.3. The number of benzene rings is 1. The molecule has 0 saturated carbocycles. The van der Waals surface area contributed by atoms with Crippen molar-refractivity contribution in [1.29, 1.82) is 0 Å². The van der Waals surface area contributed by atoms with Gasteiger partial charge in [0, 0.05) is 5.69 Å². The van der Waals surface area contributed by atoms with E-state index in [1.807, 2.05) is 25.1 Å². The SMILES string of the molecule is CCC(C(N)c1ccccc1)n1nc(C)cc1C. The minimum atomic E-state index is -0.0193. The molecule has 0 bridgehead atoms. The molecule has 1 aromatic heterocycles. The van der Waals surface area contributed by atoms with Crippen LogP contribution in [0, 0.1) is 13.8 Å². The van der Waals surface area contributed by atoms with Crippen molar-refractivity contribution in [2.45, 2.75) is 39.3 Å². The van der Waals surface area contributed by atoms with Crippen molar-refractivity contribution in [2.75, 3.05) is 0 Å². The molecule has 1 heterocycles. The van der Waals surface area contributed by atoms with Crippen LogP contribution in [0.3, 0.4) is 0 Å². The van der Waals surface area contributed by atoms with Crippen LogP contribution in [0.2, 0.25) is 0 Å². The highest BCUT2D eigenvalue weighted by atomic mass is 15.3. The maximum atomic E-state index is 6.40. The second-order valence-corrected chi connectivity index (χ2v) is 4.78. The summed E-state index contributed by atoms with van der Waals surface area (Å²) in [4.78, 5) is 0. The van der Waals surface area contributed by atoms with Gasteiger partial charge >= 0.3 is 0 Å². The van der Waals surface area contributed by atoms with Crippen LogP contribution in [0.4, 0.5) is 0 Å². The standard InChI is InChI=1S/C15H21N3/c1-4-14(18-12(3)10-11(2)17-18)15(16)13-8-6-5-7-9-13/h5-10,14-15H,4,16H2,1-3H3. The van der Waals surface area contributed by atoms with E-state index < -0.39 is 0 Å².